The number of para-hydroxylation sites is 1. The van der Waals surface area contributed by atoms with E-state index < -0.39 is 0 Å². The van der Waals surface area contributed by atoms with Crippen LogP contribution in [0.5, 0.6) is 11.5 Å². The number of ether oxygens (including phenoxy) is 1. The molecule has 2 rings (SSSR count). The lowest BCUT2D eigenvalue weighted by Crippen LogP contribution is -2.11. The lowest BCUT2D eigenvalue weighted by Gasteiger charge is -2.13. The number of aromatic nitrogens is 2. The van der Waals surface area contributed by atoms with E-state index in [1.54, 1.807) is 4.68 Å². The Morgan fingerprint density at radius 2 is 1.95 bits per heavy atom. The summed E-state index contributed by atoms with van der Waals surface area (Å²) >= 11 is 5.07. The molecule has 5 heteroatoms. The van der Waals surface area contributed by atoms with Crippen molar-refractivity contribution in [3.63, 3.8) is 0 Å². The minimum absolute atomic E-state index is 0.331. The Labute approximate surface area is 118 Å². The van der Waals surface area contributed by atoms with E-state index >= 15 is 0 Å². The molecule has 0 unspecified atom stereocenters. The second-order valence-corrected chi connectivity index (χ2v) is 4.98. The van der Waals surface area contributed by atoms with Crippen molar-refractivity contribution in [3.8, 4) is 11.5 Å². The van der Waals surface area contributed by atoms with Crippen LogP contribution in [0.3, 0.4) is 0 Å². The number of nitrogens with two attached hydrogens (primary N) is 1. The predicted molar refractivity (Wildman–Crippen MR) is 79.8 cm³/mol. The van der Waals surface area contributed by atoms with Crippen molar-refractivity contribution in [2.24, 2.45) is 12.8 Å². The van der Waals surface area contributed by atoms with Crippen molar-refractivity contribution in [1.82, 2.24) is 9.78 Å². The van der Waals surface area contributed by atoms with Crippen molar-refractivity contribution < 1.29 is 4.74 Å². The van der Waals surface area contributed by atoms with Crippen molar-refractivity contribution in [1.29, 1.82) is 0 Å². The van der Waals surface area contributed by atoms with E-state index in [4.69, 9.17) is 22.7 Å². The second kappa shape index (κ2) is 5.01. The summed E-state index contributed by atoms with van der Waals surface area (Å²) in [7, 11) is 1.89. The maximum atomic E-state index is 6.03. The van der Waals surface area contributed by atoms with Gasteiger partial charge in [0.25, 0.3) is 0 Å². The van der Waals surface area contributed by atoms with Crippen molar-refractivity contribution in [3.05, 3.63) is 40.7 Å². The minimum Gasteiger partial charge on any atom is -0.452 e. The Hall–Kier alpha value is -1.88. The summed E-state index contributed by atoms with van der Waals surface area (Å²) in [6.45, 7) is 5.85. The van der Waals surface area contributed by atoms with E-state index in [1.807, 2.05) is 46.0 Å². The van der Waals surface area contributed by atoms with Gasteiger partial charge in [-0.05, 0) is 32.4 Å². The zero-order chi connectivity index (χ0) is 14.2. The number of hydrogen-bond acceptors (Lipinski definition) is 3. The molecule has 0 aliphatic rings. The topological polar surface area (TPSA) is 53.1 Å². The van der Waals surface area contributed by atoms with Crippen LogP contribution >= 0.6 is 12.2 Å². The third-order valence-electron chi connectivity index (χ3n) is 3.12. The lowest BCUT2D eigenvalue weighted by atomic mass is 10.1. The van der Waals surface area contributed by atoms with Gasteiger partial charge in [-0.3, -0.25) is 4.68 Å². The summed E-state index contributed by atoms with van der Waals surface area (Å²) in [6, 6.07) is 5.75. The van der Waals surface area contributed by atoms with Crippen LogP contribution in [0.4, 0.5) is 0 Å². The molecule has 1 aromatic heterocycles. The molecule has 0 radical (unpaired) electrons. The van der Waals surface area contributed by atoms with Gasteiger partial charge in [0, 0.05) is 7.05 Å². The maximum absolute atomic E-state index is 6.03. The molecule has 0 saturated heterocycles. The molecule has 0 spiro atoms. The maximum Gasteiger partial charge on any atom is 0.171 e. The Morgan fingerprint density at radius 3 is 2.47 bits per heavy atom. The SMILES string of the molecule is Cc1cccc(C(N)=S)c1Oc1c(C)nn(C)c1C. The van der Waals surface area contributed by atoms with Crippen LogP contribution in [0.15, 0.2) is 18.2 Å². The highest BCUT2D eigenvalue weighted by Crippen LogP contribution is 2.32. The Balaban J connectivity index is 2.52. The van der Waals surface area contributed by atoms with Crippen molar-refractivity contribution in [2.75, 3.05) is 0 Å². The fraction of sp³-hybridized carbons (Fsp3) is 0.286. The minimum atomic E-state index is 0.331. The number of rotatable bonds is 3. The van der Waals surface area contributed by atoms with Gasteiger partial charge in [0.2, 0.25) is 0 Å². The molecule has 19 heavy (non-hydrogen) atoms. The van der Waals surface area contributed by atoms with Gasteiger partial charge in [-0.2, -0.15) is 5.10 Å². The first-order chi connectivity index (χ1) is 8.91. The van der Waals surface area contributed by atoms with Crippen LogP contribution < -0.4 is 10.5 Å². The molecule has 0 fully saturated rings. The highest BCUT2D eigenvalue weighted by molar-refractivity contribution is 7.80. The van der Waals surface area contributed by atoms with Crippen LogP contribution in [-0.4, -0.2) is 14.8 Å². The Bertz CT molecular complexity index is 646. The quantitative estimate of drug-likeness (QED) is 0.875. The lowest BCUT2D eigenvalue weighted by molar-refractivity contribution is 0.469. The van der Waals surface area contributed by atoms with Crippen molar-refractivity contribution >= 4 is 17.2 Å². The van der Waals surface area contributed by atoms with E-state index in [2.05, 4.69) is 5.10 Å². The summed E-state index contributed by atoms with van der Waals surface area (Å²) in [5, 5.41) is 4.34. The first kappa shape index (κ1) is 13.5. The van der Waals surface area contributed by atoms with E-state index in [0.717, 1.165) is 28.3 Å². The number of aryl methyl sites for hydroxylation is 3. The van der Waals surface area contributed by atoms with E-state index in [9.17, 15) is 0 Å². The molecule has 0 atom stereocenters. The average molecular weight is 275 g/mol. The van der Waals surface area contributed by atoms with Gasteiger partial charge in [-0.1, -0.05) is 24.4 Å². The molecule has 1 heterocycles. The van der Waals surface area contributed by atoms with Gasteiger partial charge in [0.15, 0.2) is 5.75 Å². The fourth-order valence-corrected chi connectivity index (χ4v) is 2.15. The van der Waals surface area contributed by atoms with Gasteiger partial charge in [0.1, 0.15) is 16.4 Å². The largest absolute Gasteiger partial charge is 0.452 e. The van der Waals surface area contributed by atoms with Crippen molar-refractivity contribution in [2.45, 2.75) is 20.8 Å². The summed E-state index contributed by atoms with van der Waals surface area (Å²) in [5.41, 5.74) is 9.30. The van der Waals surface area contributed by atoms with Crippen LogP contribution in [0.1, 0.15) is 22.5 Å². The standard InChI is InChI=1S/C14H17N3OS/c1-8-6-5-7-11(14(15)19)12(8)18-13-9(2)16-17(4)10(13)3/h5-7H,1-4H3,(H2,15,19). The smallest absolute Gasteiger partial charge is 0.171 e. The molecular weight excluding hydrogens is 258 g/mol. The molecule has 2 N–H and O–H groups in total. The molecule has 0 bridgehead atoms. The molecule has 4 nitrogen and oxygen atoms in total. The molecule has 1 aromatic carbocycles. The van der Waals surface area contributed by atoms with E-state index in [-0.39, 0.29) is 0 Å². The van der Waals surface area contributed by atoms with Gasteiger partial charge in [-0.25, -0.2) is 0 Å². The predicted octanol–water partition coefficient (Wildman–Crippen LogP) is 2.77. The Kier molecular flexibility index (Phi) is 3.57. The number of hydrogen-bond donors (Lipinski definition) is 1. The Morgan fingerprint density at radius 1 is 1.26 bits per heavy atom. The molecule has 0 saturated carbocycles. The zero-order valence-corrected chi connectivity index (χ0v) is 12.3. The van der Waals surface area contributed by atoms with Gasteiger partial charge < -0.3 is 10.5 Å². The summed E-state index contributed by atoms with van der Waals surface area (Å²) in [4.78, 5) is 0.331. The highest BCUT2D eigenvalue weighted by Gasteiger charge is 2.16. The molecule has 0 aliphatic carbocycles. The second-order valence-electron chi connectivity index (χ2n) is 4.54. The molecular formula is C14H17N3OS. The first-order valence-corrected chi connectivity index (χ1v) is 6.40. The highest BCUT2D eigenvalue weighted by atomic mass is 32.1. The van der Waals surface area contributed by atoms with Crippen LogP contribution in [0.2, 0.25) is 0 Å². The van der Waals surface area contributed by atoms with Gasteiger partial charge in [0.05, 0.1) is 11.3 Å². The fourth-order valence-electron chi connectivity index (χ4n) is 1.99. The zero-order valence-electron chi connectivity index (χ0n) is 11.5. The summed E-state index contributed by atoms with van der Waals surface area (Å²) < 4.78 is 7.83. The monoisotopic (exact) mass is 275 g/mol. The average Bonchev–Trinajstić information content (AvgIpc) is 2.57. The molecule has 2 aromatic rings. The molecule has 0 amide bonds. The van der Waals surface area contributed by atoms with Gasteiger partial charge in [-0.15, -0.1) is 0 Å². The normalized spacial score (nSPS) is 10.5. The molecule has 0 aliphatic heterocycles. The van der Waals surface area contributed by atoms with Crippen LogP contribution in [0.25, 0.3) is 0 Å². The number of nitrogens with zero attached hydrogens (tertiary/aromatic N) is 2. The van der Waals surface area contributed by atoms with E-state index in [0.29, 0.717) is 10.7 Å². The third-order valence-corrected chi connectivity index (χ3v) is 3.34. The van der Waals surface area contributed by atoms with Crippen LogP contribution in [0, 0.1) is 20.8 Å². The molecule has 100 valence electrons. The number of benzene rings is 1. The van der Waals surface area contributed by atoms with Crippen LogP contribution in [-0.2, 0) is 7.05 Å². The van der Waals surface area contributed by atoms with Gasteiger partial charge >= 0.3 is 0 Å². The third kappa shape index (κ3) is 2.46. The number of thiocarbonyl (C=S) groups is 1. The van der Waals surface area contributed by atoms with E-state index in [1.165, 1.54) is 0 Å². The first-order valence-electron chi connectivity index (χ1n) is 5.99. The summed E-state index contributed by atoms with van der Waals surface area (Å²) in [6.07, 6.45) is 0. The summed E-state index contributed by atoms with van der Waals surface area (Å²) in [5.74, 6) is 1.46.